The van der Waals surface area contributed by atoms with Gasteiger partial charge in [0.05, 0.1) is 0 Å². The van der Waals surface area contributed by atoms with Crippen LogP contribution in [0.1, 0.15) is 61.3 Å². The monoisotopic (exact) mass is 225 g/mol. The third-order valence-electron chi connectivity index (χ3n) is 3.45. The molecule has 1 unspecified atom stereocenters. The predicted molar refractivity (Wildman–Crippen MR) is 74.8 cm³/mol. The summed E-state index contributed by atoms with van der Waals surface area (Å²) in [6.07, 6.45) is 2.41. The van der Waals surface area contributed by atoms with E-state index < -0.39 is 0 Å². The maximum atomic E-state index is 4.34. The largest absolute Gasteiger partial charge is 0.295 e. The van der Waals surface area contributed by atoms with E-state index >= 15 is 0 Å². The summed E-state index contributed by atoms with van der Waals surface area (Å²) in [5.41, 5.74) is 1.75. The Hall–Kier alpha value is -0.300. The van der Waals surface area contributed by atoms with E-state index in [1.54, 1.807) is 0 Å². The van der Waals surface area contributed by atoms with Crippen LogP contribution in [-0.4, -0.2) is 23.5 Å². The summed E-state index contributed by atoms with van der Waals surface area (Å²) < 4.78 is 0. The van der Waals surface area contributed by atoms with Crippen molar-refractivity contribution in [1.82, 2.24) is 4.90 Å². The molecule has 0 rings (SSSR count). The first-order valence-corrected chi connectivity index (χ1v) is 6.44. The number of nitrogens with zero attached hydrogens (tertiary/aromatic N) is 1. The van der Waals surface area contributed by atoms with E-state index in [0.717, 1.165) is 0 Å². The van der Waals surface area contributed by atoms with Crippen molar-refractivity contribution in [3.8, 4) is 0 Å². The molecular weight excluding hydrogens is 194 g/mol. The first kappa shape index (κ1) is 15.7. The lowest BCUT2D eigenvalue weighted by atomic mass is 9.80. The molecule has 0 spiro atoms. The Bertz CT molecular complexity index is 227. The molecule has 0 aromatic rings. The van der Waals surface area contributed by atoms with Crippen LogP contribution in [0.3, 0.4) is 0 Å². The summed E-state index contributed by atoms with van der Waals surface area (Å²) in [6, 6.07) is 0.491. The Kier molecular flexibility index (Phi) is 5.25. The van der Waals surface area contributed by atoms with Crippen LogP contribution in [0.5, 0.6) is 0 Å². The molecule has 0 fully saturated rings. The van der Waals surface area contributed by atoms with Crippen molar-refractivity contribution in [2.24, 2.45) is 5.41 Å². The number of hydrogen-bond donors (Lipinski definition) is 0. The molecule has 96 valence electrons. The van der Waals surface area contributed by atoms with Gasteiger partial charge < -0.3 is 0 Å². The van der Waals surface area contributed by atoms with E-state index in [-0.39, 0.29) is 11.0 Å². The lowest BCUT2D eigenvalue weighted by Gasteiger charge is -2.43. The van der Waals surface area contributed by atoms with Crippen molar-refractivity contribution < 1.29 is 0 Å². The van der Waals surface area contributed by atoms with Gasteiger partial charge in [0.25, 0.3) is 0 Å². The summed E-state index contributed by atoms with van der Waals surface area (Å²) in [6.45, 7) is 20.2. The first-order chi connectivity index (χ1) is 7.01. The average molecular weight is 225 g/mol. The van der Waals surface area contributed by atoms with Crippen molar-refractivity contribution >= 4 is 0 Å². The van der Waals surface area contributed by atoms with E-state index in [0.29, 0.717) is 6.04 Å². The topological polar surface area (TPSA) is 3.24 Å². The fraction of sp³-hybridized carbons (Fsp3) is 0.867. The summed E-state index contributed by atoms with van der Waals surface area (Å²) in [5.74, 6) is 0. The highest BCUT2D eigenvalue weighted by Crippen LogP contribution is 2.33. The van der Waals surface area contributed by atoms with Crippen molar-refractivity contribution in [2.75, 3.05) is 7.05 Å². The van der Waals surface area contributed by atoms with Crippen molar-refractivity contribution in [3.63, 3.8) is 0 Å². The molecule has 0 N–H and O–H groups in total. The summed E-state index contributed by atoms with van der Waals surface area (Å²) in [4.78, 5) is 2.46. The maximum absolute atomic E-state index is 4.34. The van der Waals surface area contributed by atoms with Gasteiger partial charge in [-0.15, -0.1) is 0 Å². The number of likely N-dealkylation sites (N-methyl/N-ethyl adjacent to an activating group) is 1. The predicted octanol–water partition coefficient (Wildman–Crippen LogP) is 4.49. The normalized spacial score (nSPS) is 15.3. The SMILES string of the molecule is C=C(C(CCC)N(C)C(C)(C)C)C(C)(C)C. The van der Waals surface area contributed by atoms with Crippen LogP contribution in [-0.2, 0) is 0 Å². The molecule has 1 heteroatoms. The second kappa shape index (κ2) is 5.35. The van der Waals surface area contributed by atoms with Crippen LogP contribution in [0.25, 0.3) is 0 Å². The minimum absolute atomic E-state index is 0.194. The fourth-order valence-corrected chi connectivity index (χ4v) is 1.84. The van der Waals surface area contributed by atoms with Gasteiger partial charge in [-0.2, -0.15) is 0 Å². The lowest BCUT2D eigenvalue weighted by molar-refractivity contribution is 0.118. The molecule has 0 saturated carbocycles. The Balaban J connectivity index is 4.95. The summed E-state index contributed by atoms with van der Waals surface area (Å²) in [7, 11) is 2.22. The Labute approximate surface area is 103 Å². The third kappa shape index (κ3) is 4.29. The Morgan fingerprint density at radius 3 is 1.81 bits per heavy atom. The molecule has 16 heavy (non-hydrogen) atoms. The molecule has 0 aromatic heterocycles. The minimum atomic E-state index is 0.194. The standard InChI is InChI=1S/C15H31N/c1-10-11-13(12(2)14(3,4)5)16(9)15(6,7)8/h13H,2,10-11H2,1,3-9H3. The van der Waals surface area contributed by atoms with E-state index in [2.05, 4.69) is 67.0 Å². The van der Waals surface area contributed by atoms with Crippen molar-refractivity contribution in [3.05, 3.63) is 12.2 Å². The average Bonchev–Trinajstić information content (AvgIpc) is 2.09. The molecule has 0 radical (unpaired) electrons. The van der Waals surface area contributed by atoms with Crippen LogP contribution < -0.4 is 0 Å². The van der Waals surface area contributed by atoms with Crippen LogP contribution >= 0.6 is 0 Å². The van der Waals surface area contributed by atoms with Gasteiger partial charge in [-0.05, 0) is 39.7 Å². The molecule has 0 aliphatic heterocycles. The molecule has 0 heterocycles. The summed E-state index contributed by atoms with van der Waals surface area (Å²) in [5, 5.41) is 0. The molecule has 1 atom stereocenters. The molecule has 0 amide bonds. The van der Waals surface area contributed by atoms with Gasteiger partial charge in [0.1, 0.15) is 0 Å². The highest BCUT2D eigenvalue weighted by molar-refractivity contribution is 5.14. The fourth-order valence-electron chi connectivity index (χ4n) is 1.84. The van der Waals surface area contributed by atoms with Crippen molar-refractivity contribution in [2.45, 2.75) is 72.9 Å². The Morgan fingerprint density at radius 1 is 1.12 bits per heavy atom. The highest BCUT2D eigenvalue weighted by Gasteiger charge is 2.30. The zero-order valence-electron chi connectivity index (χ0n) is 12.6. The third-order valence-corrected chi connectivity index (χ3v) is 3.45. The van der Waals surface area contributed by atoms with Gasteiger partial charge in [-0.3, -0.25) is 4.90 Å². The van der Waals surface area contributed by atoms with Gasteiger partial charge in [-0.25, -0.2) is 0 Å². The van der Waals surface area contributed by atoms with E-state index in [9.17, 15) is 0 Å². The van der Waals surface area contributed by atoms with Crippen LogP contribution in [0.2, 0.25) is 0 Å². The quantitative estimate of drug-likeness (QED) is 0.637. The van der Waals surface area contributed by atoms with Gasteiger partial charge in [-0.1, -0.05) is 46.3 Å². The summed E-state index contributed by atoms with van der Waals surface area (Å²) >= 11 is 0. The van der Waals surface area contributed by atoms with Gasteiger partial charge in [0, 0.05) is 11.6 Å². The number of rotatable bonds is 4. The van der Waals surface area contributed by atoms with Crippen LogP contribution in [0.4, 0.5) is 0 Å². The molecule has 1 nitrogen and oxygen atoms in total. The van der Waals surface area contributed by atoms with Gasteiger partial charge in [0.15, 0.2) is 0 Å². The van der Waals surface area contributed by atoms with Gasteiger partial charge in [0.2, 0.25) is 0 Å². The minimum Gasteiger partial charge on any atom is -0.295 e. The molecule has 0 bridgehead atoms. The Morgan fingerprint density at radius 2 is 1.56 bits per heavy atom. The number of hydrogen-bond acceptors (Lipinski definition) is 1. The molecule has 0 aromatic carbocycles. The van der Waals surface area contributed by atoms with E-state index in [1.807, 2.05) is 0 Å². The molecule has 0 aliphatic rings. The van der Waals surface area contributed by atoms with Crippen LogP contribution in [0.15, 0.2) is 12.2 Å². The highest BCUT2D eigenvalue weighted by atomic mass is 15.2. The second-order valence-corrected chi connectivity index (χ2v) is 6.86. The first-order valence-electron chi connectivity index (χ1n) is 6.44. The van der Waals surface area contributed by atoms with Crippen LogP contribution in [0, 0.1) is 5.41 Å². The molecule has 0 saturated heterocycles. The maximum Gasteiger partial charge on any atom is 0.0312 e. The second-order valence-electron chi connectivity index (χ2n) is 6.86. The molecular formula is C15H31N. The van der Waals surface area contributed by atoms with Crippen molar-refractivity contribution in [1.29, 1.82) is 0 Å². The van der Waals surface area contributed by atoms with Gasteiger partial charge >= 0.3 is 0 Å². The molecule has 0 aliphatic carbocycles. The lowest BCUT2D eigenvalue weighted by Crippen LogP contribution is -2.47. The van der Waals surface area contributed by atoms with E-state index in [4.69, 9.17) is 0 Å². The smallest absolute Gasteiger partial charge is 0.0312 e. The zero-order chi connectivity index (χ0) is 13.1. The zero-order valence-corrected chi connectivity index (χ0v) is 12.6. The van der Waals surface area contributed by atoms with E-state index in [1.165, 1.54) is 18.4 Å².